The predicted molar refractivity (Wildman–Crippen MR) is 115 cm³/mol. The van der Waals surface area contributed by atoms with E-state index in [1.807, 2.05) is 0 Å². The fourth-order valence-electron chi connectivity index (χ4n) is 2.27. The first kappa shape index (κ1) is 27.4. The van der Waals surface area contributed by atoms with Crippen molar-refractivity contribution in [2.45, 2.75) is 29.3 Å². The fourth-order valence-corrected chi connectivity index (χ4v) is 3.28. The van der Waals surface area contributed by atoms with Gasteiger partial charge in [0.25, 0.3) is 15.9 Å². The van der Waals surface area contributed by atoms with Crippen LogP contribution in [-0.2, 0) is 10.0 Å². The number of anilines is 2. The zero-order chi connectivity index (χ0) is 24.3. The average molecular weight is 476 g/mol. The number of nitrogens with one attached hydrogen (secondary N) is 2. The lowest BCUT2D eigenvalue weighted by Crippen LogP contribution is -2.48. The maximum absolute atomic E-state index is 12.1. The van der Waals surface area contributed by atoms with E-state index >= 15 is 0 Å². The fraction of sp³-hybridized carbons (Fsp3) is 0.444. The second-order valence-corrected chi connectivity index (χ2v) is 8.13. The summed E-state index contributed by atoms with van der Waals surface area (Å²) in [7, 11) is -0.797. The summed E-state index contributed by atoms with van der Waals surface area (Å²) in [4.78, 5) is 7.81. The van der Waals surface area contributed by atoms with Crippen LogP contribution in [0.5, 0.6) is 5.88 Å². The second-order valence-electron chi connectivity index (χ2n) is 6.44. The minimum absolute atomic E-state index is 0.0295. The highest BCUT2D eigenvalue weighted by Gasteiger charge is 2.29. The summed E-state index contributed by atoms with van der Waals surface area (Å²) in [5, 5.41) is 47.5. The van der Waals surface area contributed by atoms with Crippen LogP contribution < -0.4 is 20.5 Å². The van der Waals surface area contributed by atoms with Crippen molar-refractivity contribution in [3.63, 3.8) is 0 Å². The first-order chi connectivity index (χ1) is 15.1. The number of benzene rings is 1. The third-order valence-electron chi connectivity index (χ3n) is 4.02. The van der Waals surface area contributed by atoms with Gasteiger partial charge in [0.15, 0.2) is 0 Å². The lowest BCUT2D eigenvalue weighted by molar-refractivity contribution is -0.113. The Labute approximate surface area is 185 Å². The Morgan fingerprint density at radius 1 is 1.03 bits per heavy atom. The van der Waals surface area contributed by atoms with Crippen LogP contribution in [0.1, 0.15) is 0 Å². The van der Waals surface area contributed by atoms with Gasteiger partial charge in [-0.05, 0) is 31.3 Å². The Hall–Kier alpha value is -2.59. The molecule has 13 nitrogen and oxygen atoms in total. The van der Waals surface area contributed by atoms with E-state index in [4.69, 9.17) is 30.9 Å². The normalized spacial score (nSPS) is 15.0. The summed E-state index contributed by atoms with van der Waals surface area (Å²) in [6.45, 7) is -0.569. The molecule has 0 saturated heterocycles. The number of sulfonamides is 1. The van der Waals surface area contributed by atoms with Crippen LogP contribution >= 0.6 is 0 Å². The average Bonchev–Trinajstić information content (AvgIpc) is 2.78. The molecule has 0 aliphatic carbocycles. The molecule has 0 aliphatic rings. The van der Waals surface area contributed by atoms with Gasteiger partial charge in [-0.15, -0.1) is 0 Å². The highest BCUT2D eigenvalue weighted by Crippen LogP contribution is 2.21. The Balaban J connectivity index is 0.000000347. The van der Waals surface area contributed by atoms with Gasteiger partial charge in [0.2, 0.25) is 5.82 Å². The van der Waals surface area contributed by atoms with Crippen LogP contribution in [-0.4, -0.2) is 95.6 Å². The molecule has 2 aromatic rings. The molecule has 1 heterocycles. The summed E-state index contributed by atoms with van der Waals surface area (Å²) < 4.78 is 31.4. The predicted octanol–water partition coefficient (Wildman–Crippen LogP) is -2.49. The topological polar surface area (TPSA) is 220 Å². The van der Waals surface area contributed by atoms with Gasteiger partial charge in [-0.1, -0.05) is 0 Å². The number of nitrogen functional groups attached to an aromatic ring is 1. The quantitative estimate of drug-likeness (QED) is 0.167. The molecule has 9 N–H and O–H groups in total. The van der Waals surface area contributed by atoms with E-state index in [9.17, 15) is 13.5 Å². The Morgan fingerprint density at radius 3 is 2.12 bits per heavy atom. The molecule has 14 heteroatoms. The summed E-state index contributed by atoms with van der Waals surface area (Å²) in [6.07, 6.45) is -2.88. The standard InChI is InChI=1S/C11H12N4O3S.C7H17NO5/c1-18-11-10(13-6-7-14-11)15-19(16,17)9-4-2-8(12)3-5-9;1-8-2-4(10)6(12)7(13)5(11)3-9/h2-7H,12H2,1H3,(H,13,15);4-13H,2-3H2,1H3/t;4-,5+,6+,7+/m.0/s1. The van der Waals surface area contributed by atoms with Gasteiger partial charge in [-0.3, -0.25) is 4.72 Å². The van der Waals surface area contributed by atoms with E-state index in [-0.39, 0.29) is 23.1 Å². The van der Waals surface area contributed by atoms with Crippen molar-refractivity contribution in [2.75, 3.05) is 37.8 Å². The van der Waals surface area contributed by atoms with E-state index in [1.165, 1.54) is 43.8 Å². The third-order valence-corrected chi connectivity index (χ3v) is 5.37. The van der Waals surface area contributed by atoms with Crippen LogP contribution in [0.25, 0.3) is 0 Å². The smallest absolute Gasteiger partial charge is 0.263 e. The Kier molecular flexibility index (Phi) is 11.2. The molecule has 0 fully saturated rings. The molecule has 180 valence electrons. The molecule has 0 spiro atoms. The Bertz CT molecular complexity index is 916. The monoisotopic (exact) mass is 475 g/mol. The summed E-state index contributed by atoms with van der Waals surface area (Å²) in [5.74, 6) is 0.128. The molecular weight excluding hydrogens is 446 g/mol. The lowest BCUT2D eigenvalue weighted by Gasteiger charge is -2.25. The van der Waals surface area contributed by atoms with Crippen molar-refractivity contribution in [3.8, 4) is 5.88 Å². The molecule has 1 aromatic heterocycles. The van der Waals surface area contributed by atoms with Crippen molar-refractivity contribution >= 4 is 21.5 Å². The largest absolute Gasteiger partial charge is 0.478 e. The molecule has 32 heavy (non-hydrogen) atoms. The number of ether oxygens (including phenoxy) is 1. The first-order valence-corrected chi connectivity index (χ1v) is 10.8. The number of rotatable bonds is 10. The number of hydrogen-bond acceptors (Lipinski definition) is 12. The van der Waals surface area contributed by atoms with Crippen LogP contribution in [0.4, 0.5) is 11.5 Å². The van der Waals surface area contributed by atoms with Gasteiger partial charge in [0.1, 0.15) is 18.3 Å². The van der Waals surface area contributed by atoms with Crippen molar-refractivity contribution < 1.29 is 38.7 Å². The number of nitrogens with two attached hydrogens (primary N) is 1. The van der Waals surface area contributed by atoms with E-state index in [0.29, 0.717) is 5.69 Å². The number of likely N-dealkylation sites (N-methyl/N-ethyl adjacent to an activating group) is 1. The van der Waals surface area contributed by atoms with Crippen molar-refractivity contribution in [1.82, 2.24) is 15.3 Å². The van der Waals surface area contributed by atoms with Crippen molar-refractivity contribution in [1.29, 1.82) is 0 Å². The molecule has 0 bridgehead atoms. The number of aliphatic hydroxyl groups is 5. The van der Waals surface area contributed by atoms with Gasteiger partial charge < -0.3 is 41.3 Å². The summed E-state index contributed by atoms with van der Waals surface area (Å²) >= 11 is 0. The van der Waals surface area contributed by atoms with Gasteiger partial charge in [0, 0.05) is 24.6 Å². The molecule has 0 aliphatic heterocycles. The molecule has 2 rings (SSSR count). The zero-order valence-corrected chi connectivity index (χ0v) is 18.3. The number of nitrogens with zero attached hydrogens (tertiary/aromatic N) is 2. The Morgan fingerprint density at radius 2 is 1.59 bits per heavy atom. The molecule has 0 radical (unpaired) electrons. The summed E-state index contributed by atoms with van der Waals surface area (Å²) in [6, 6.07) is 5.81. The number of aliphatic hydroxyl groups excluding tert-OH is 5. The molecule has 0 unspecified atom stereocenters. The van der Waals surface area contributed by atoms with Crippen LogP contribution in [0, 0.1) is 0 Å². The zero-order valence-electron chi connectivity index (χ0n) is 17.5. The minimum atomic E-state index is -3.75. The number of methoxy groups -OCH3 is 1. The third kappa shape index (κ3) is 8.16. The van der Waals surface area contributed by atoms with Crippen LogP contribution in [0.15, 0.2) is 41.6 Å². The maximum Gasteiger partial charge on any atom is 0.263 e. The van der Waals surface area contributed by atoms with Gasteiger partial charge in [-0.2, -0.15) is 0 Å². The SMILES string of the molecule is CNC[C@H](O)[C@@H](O)[C@H](O)[C@H](O)CO.COc1nccnc1NS(=O)(=O)c1ccc(N)cc1. The van der Waals surface area contributed by atoms with Crippen molar-refractivity contribution in [3.05, 3.63) is 36.7 Å². The van der Waals surface area contributed by atoms with Crippen LogP contribution in [0.2, 0.25) is 0 Å². The van der Waals surface area contributed by atoms with E-state index < -0.39 is 41.0 Å². The molecule has 4 atom stereocenters. The minimum Gasteiger partial charge on any atom is -0.478 e. The van der Waals surface area contributed by atoms with Crippen molar-refractivity contribution in [2.24, 2.45) is 0 Å². The molecule has 0 saturated carbocycles. The van der Waals surface area contributed by atoms with Crippen LogP contribution in [0.3, 0.4) is 0 Å². The number of aromatic nitrogens is 2. The summed E-state index contributed by atoms with van der Waals surface area (Å²) in [5.41, 5.74) is 5.99. The highest BCUT2D eigenvalue weighted by molar-refractivity contribution is 7.92. The maximum atomic E-state index is 12.1. The van der Waals surface area contributed by atoms with Gasteiger partial charge in [-0.25, -0.2) is 18.4 Å². The number of hydrogen-bond donors (Lipinski definition) is 8. The molecule has 1 aromatic carbocycles. The highest BCUT2D eigenvalue weighted by atomic mass is 32.2. The second kappa shape index (κ2) is 13.1. The lowest BCUT2D eigenvalue weighted by atomic mass is 10.0. The van der Waals surface area contributed by atoms with Gasteiger partial charge >= 0.3 is 0 Å². The van der Waals surface area contributed by atoms with Gasteiger partial charge in [0.05, 0.1) is 24.7 Å². The van der Waals surface area contributed by atoms with E-state index in [2.05, 4.69) is 20.0 Å². The first-order valence-electron chi connectivity index (χ1n) is 9.28. The molecule has 0 amide bonds. The van der Waals surface area contributed by atoms with E-state index in [0.717, 1.165) is 0 Å². The molecular formula is C18H29N5O8S. The van der Waals surface area contributed by atoms with E-state index in [1.54, 1.807) is 7.05 Å².